The lowest BCUT2D eigenvalue weighted by molar-refractivity contribution is -0.136. The van der Waals surface area contributed by atoms with Gasteiger partial charge in [-0.25, -0.2) is 4.39 Å². The van der Waals surface area contributed by atoms with Crippen LogP contribution in [-0.2, 0) is 16.1 Å². The maximum atomic E-state index is 13.8. The molecule has 304 valence electrons. The zero-order valence-corrected chi connectivity index (χ0v) is 33.5. The molecule has 0 radical (unpaired) electrons. The number of nitrogens with zero attached hydrogens (tertiary/aromatic N) is 5. The molecule has 5 heterocycles. The van der Waals surface area contributed by atoms with Crippen LogP contribution in [0.2, 0.25) is 0 Å². The minimum absolute atomic E-state index is 0.140. The van der Waals surface area contributed by atoms with E-state index < -0.39 is 13.2 Å². The van der Waals surface area contributed by atoms with E-state index in [0.717, 1.165) is 109 Å². The highest BCUT2D eigenvalue weighted by molar-refractivity contribution is 7.22. The number of carbonyl (C=O) groups is 3. The van der Waals surface area contributed by atoms with Crippen LogP contribution in [-0.4, -0.2) is 121 Å². The van der Waals surface area contributed by atoms with Gasteiger partial charge in [-0.15, -0.1) is 11.3 Å². The Kier molecular flexibility index (Phi) is 11.1. The van der Waals surface area contributed by atoms with E-state index in [1.54, 1.807) is 29.2 Å². The zero-order chi connectivity index (χ0) is 40.6. The molecule has 0 saturated carbocycles. The lowest BCUT2D eigenvalue weighted by atomic mass is 9.80. The van der Waals surface area contributed by atoms with E-state index in [9.17, 15) is 28.8 Å². The first-order valence-electron chi connectivity index (χ1n) is 20.4. The van der Waals surface area contributed by atoms with Crippen molar-refractivity contribution in [1.82, 2.24) is 20.0 Å². The number of halogens is 1. The summed E-state index contributed by atoms with van der Waals surface area (Å²) in [6, 6.07) is 25.1. The number of hydrogen-bond donors (Lipinski definition) is 3. The summed E-state index contributed by atoms with van der Waals surface area (Å²) in [5.41, 5.74) is 5.05. The van der Waals surface area contributed by atoms with E-state index in [2.05, 4.69) is 43.1 Å². The number of hydrogen-bond acceptors (Lipinski definition) is 11. The summed E-state index contributed by atoms with van der Waals surface area (Å²) < 4.78 is 21.1. The Morgan fingerprint density at radius 1 is 0.780 bits per heavy atom. The first-order valence-corrected chi connectivity index (χ1v) is 21.2. The fraction of sp³-hybridized carbons (Fsp3) is 0.341. The largest absolute Gasteiger partial charge is 0.488 e. The molecular weight excluding hydrogens is 770 g/mol. The van der Waals surface area contributed by atoms with Crippen LogP contribution in [0, 0.1) is 5.82 Å². The van der Waals surface area contributed by atoms with Gasteiger partial charge >= 0.3 is 7.12 Å². The first kappa shape index (κ1) is 39.2. The number of benzene rings is 4. The molecule has 3 amide bonds. The third kappa shape index (κ3) is 8.30. The molecule has 1 atom stereocenters. The number of thiophene rings is 1. The molecule has 15 heteroatoms. The van der Waals surface area contributed by atoms with Gasteiger partial charge in [-0.1, -0.05) is 24.3 Å². The highest BCUT2D eigenvalue weighted by Crippen LogP contribution is 2.46. The predicted molar refractivity (Wildman–Crippen MR) is 228 cm³/mol. The van der Waals surface area contributed by atoms with Gasteiger partial charge in [0.1, 0.15) is 17.6 Å². The summed E-state index contributed by atoms with van der Waals surface area (Å²) in [5, 5.41) is 22.7. The van der Waals surface area contributed by atoms with Gasteiger partial charge in [-0.05, 0) is 103 Å². The highest BCUT2D eigenvalue weighted by Gasteiger charge is 2.39. The van der Waals surface area contributed by atoms with Crippen molar-refractivity contribution in [3.8, 4) is 21.9 Å². The molecule has 4 aromatic carbocycles. The first-order chi connectivity index (χ1) is 28.7. The topological polar surface area (TPSA) is 129 Å². The van der Waals surface area contributed by atoms with Crippen molar-refractivity contribution in [2.24, 2.45) is 0 Å². The number of carbonyl (C=O) groups excluding carboxylic acids is 3. The number of fused-ring (bicyclic) bond motifs is 2. The van der Waals surface area contributed by atoms with Crippen molar-refractivity contribution in [1.29, 1.82) is 0 Å². The zero-order valence-electron chi connectivity index (χ0n) is 32.7. The standard InChI is InChI=1S/C44H46BFN6O6S/c46-32-5-2-29(3-6-32)42-41(37-12-4-31(45(56)57)27-39(37)59-42)58-35-10-7-33(8-11-35)50-22-18-48(19-23-50)16-1-17-49-20-24-51(25-21-49)34-9-13-36-30(26-34)28-52(44(36)55)38-14-15-40(53)47-43(38)54/h2-13,26-27,38,56-57H,1,14-25,28H2,(H,47,53,54). The molecule has 3 saturated heterocycles. The Morgan fingerprint density at radius 2 is 1.44 bits per heavy atom. The molecule has 1 aromatic heterocycles. The Bertz CT molecular complexity index is 2360. The second-order valence-electron chi connectivity index (χ2n) is 15.7. The molecule has 0 bridgehead atoms. The fourth-order valence-corrected chi connectivity index (χ4v) is 9.90. The number of nitrogens with one attached hydrogen (secondary N) is 1. The van der Waals surface area contributed by atoms with Gasteiger partial charge in [0, 0.05) is 92.3 Å². The Balaban J connectivity index is 0.732. The van der Waals surface area contributed by atoms with Gasteiger partial charge in [-0.3, -0.25) is 29.5 Å². The van der Waals surface area contributed by atoms with E-state index in [1.807, 2.05) is 30.3 Å². The Hall–Kier alpha value is -5.32. The van der Waals surface area contributed by atoms with Crippen LogP contribution >= 0.6 is 11.3 Å². The van der Waals surface area contributed by atoms with Crippen molar-refractivity contribution in [2.45, 2.75) is 31.8 Å². The smallest absolute Gasteiger partial charge is 0.455 e. The van der Waals surface area contributed by atoms with Crippen molar-refractivity contribution in [2.75, 3.05) is 75.2 Å². The second-order valence-corrected chi connectivity index (χ2v) is 16.8. The number of ether oxygens (including phenoxy) is 1. The number of piperidine rings is 1. The SMILES string of the molecule is O=C1CCC(N2Cc3cc(N4CCN(CCCN5CCN(c6ccc(Oc7c(-c8ccc(F)cc8)sc8cc(B(O)O)ccc78)cc6)CC5)CC4)ccc3C2=O)C(=O)N1. The summed E-state index contributed by atoms with van der Waals surface area (Å²) in [6.07, 6.45) is 1.73. The minimum Gasteiger partial charge on any atom is -0.455 e. The molecule has 5 aromatic rings. The fourth-order valence-electron chi connectivity index (χ4n) is 8.72. The lowest BCUT2D eigenvalue weighted by Gasteiger charge is -2.38. The van der Waals surface area contributed by atoms with Crippen LogP contribution in [0.25, 0.3) is 20.5 Å². The van der Waals surface area contributed by atoms with Crippen LogP contribution in [0.15, 0.2) is 84.9 Å². The molecule has 12 nitrogen and oxygen atoms in total. The Morgan fingerprint density at radius 3 is 2.10 bits per heavy atom. The molecule has 4 aliphatic heterocycles. The minimum atomic E-state index is -1.58. The average molecular weight is 817 g/mol. The van der Waals surface area contributed by atoms with Crippen LogP contribution in [0.1, 0.15) is 35.2 Å². The summed E-state index contributed by atoms with van der Waals surface area (Å²) in [5.74, 6) is 0.215. The van der Waals surface area contributed by atoms with E-state index in [4.69, 9.17) is 4.74 Å². The maximum absolute atomic E-state index is 13.8. The lowest BCUT2D eigenvalue weighted by Crippen LogP contribution is -2.52. The number of anilines is 2. The second kappa shape index (κ2) is 16.7. The van der Waals surface area contributed by atoms with Gasteiger partial charge in [0.15, 0.2) is 5.75 Å². The third-order valence-electron chi connectivity index (χ3n) is 12.1. The summed E-state index contributed by atoms with van der Waals surface area (Å²) in [6.45, 7) is 10.2. The van der Waals surface area contributed by atoms with Crippen molar-refractivity contribution in [3.05, 3.63) is 102 Å². The van der Waals surface area contributed by atoms with E-state index in [-0.39, 0.29) is 30.0 Å². The van der Waals surface area contributed by atoms with Gasteiger partial charge < -0.3 is 29.5 Å². The highest BCUT2D eigenvalue weighted by atomic mass is 32.1. The number of rotatable bonds is 11. The molecule has 3 N–H and O–H groups in total. The van der Waals surface area contributed by atoms with E-state index >= 15 is 0 Å². The molecular formula is C44H46BFN6O6S. The molecule has 0 aliphatic carbocycles. The van der Waals surface area contributed by atoms with Crippen molar-refractivity contribution < 1.29 is 33.6 Å². The molecule has 0 spiro atoms. The van der Waals surface area contributed by atoms with Crippen molar-refractivity contribution >= 4 is 63.1 Å². The summed E-state index contributed by atoms with van der Waals surface area (Å²) in [7, 11) is -1.58. The van der Waals surface area contributed by atoms with Crippen LogP contribution in [0.5, 0.6) is 11.5 Å². The summed E-state index contributed by atoms with van der Waals surface area (Å²) in [4.78, 5) is 49.5. The normalized spacial score (nSPS) is 19.1. The van der Waals surface area contributed by atoms with E-state index in [1.165, 1.54) is 23.5 Å². The van der Waals surface area contributed by atoms with Gasteiger partial charge in [0.2, 0.25) is 11.8 Å². The van der Waals surface area contributed by atoms with Crippen LogP contribution in [0.3, 0.4) is 0 Å². The molecule has 1 unspecified atom stereocenters. The molecule has 3 fully saturated rings. The molecule has 9 rings (SSSR count). The summed E-state index contributed by atoms with van der Waals surface area (Å²) >= 11 is 1.47. The monoisotopic (exact) mass is 816 g/mol. The van der Waals surface area contributed by atoms with Gasteiger partial charge in [0.25, 0.3) is 5.91 Å². The predicted octanol–water partition coefficient (Wildman–Crippen LogP) is 4.27. The Labute approximate surface area is 346 Å². The molecule has 4 aliphatic rings. The van der Waals surface area contributed by atoms with Crippen LogP contribution in [0.4, 0.5) is 15.8 Å². The molecule has 59 heavy (non-hydrogen) atoms. The number of amides is 3. The average Bonchev–Trinajstić information content (AvgIpc) is 3.77. The third-order valence-corrected chi connectivity index (χ3v) is 13.2. The quantitative estimate of drug-likeness (QED) is 0.131. The van der Waals surface area contributed by atoms with Gasteiger partial charge in [-0.2, -0.15) is 0 Å². The van der Waals surface area contributed by atoms with E-state index in [0.29, 0.717) is 35.5 Å². The number of piperazine rings is 2. The number of imide groups is 1. The van der Waals surface area contributed by atoms with Crippen molar-refractivity contribution in [3.63, 3.8) is 0 Å². The van der Waals surface area contributed by atoms with Crippen LogP contribution < -0.4 is 25.3 Å². The maximum Gasteiger partial charge on any atom is 0.488 e. The van der Waals surface area contributed by atoms with Gasteiger partial charge in [0.05, 0.1) is 4.88 Å².